The minimum absolute atomic E-state index is 0. The lowest BCUT2D eigenvalue weighted by molar-refractivity contribution is 0.550. The smallest absolute Gasteiger partial charge is 0.0157 e. The number of fused-ring (bicyclic) bond motifs is 3. The Labute approximate surface area is 139 Å². The molecule has 0 nitrogen and oxygen atoms in total. The largest absolute Gasteiger partial charge is 0.0776 e. The van der Waals surface area contributed by atoms with Crippen LogP contribution in [0.4, 0.5) is 0 Å². The van der Waals surface area contributed by atoms with Crippen LogP contribution in [-0.4, -0.2) is 0 Å². The maximum absolute atomic E-state index is 2.35. The van der Waals surface area contributed by atoms with E-state index in [1.165, 1.54) is 27.9 Å². The van der Waals surface area contributed by atoms with Crippen LogP contribution in [0.25, 0.3) is 0 Å². The Morgan fingerprint density at radius 2 is 1.23 bits per heavy atom. The molecule has 0 aromatic carbocycles. The summed E-state index contributed by atoms with van der Waals surface area (Å²) in [5, 5.41) is 0. The lowest BCUT2D eigenvalue weighted by Crippen LogP contribution is -2.26. The minimum Gasteiger partial charge on any atom is -0.0776 e. The van der Waals surface area contributed by atoms with Crippen molar-refractivity contribution in [3.63, 3.8) is 0 Å². The first kappa shape index (κ1) is 22.7. The first-order chi connectivity index (χ1) is 9.18. The molecule has 2 atom stereocenters. The van der Waals surface area contributed by atoms with Gasteiger partial charge in [0.15, 0.2) is 0 Å². The molecule has 3 aliphatic rings. The van der Waals surface area contributed by atoms with Gasteiger partial charge in [-0.3, -0.25) is 0 Å². The molecular weight excluding hydrogens is 264 g/mol. The summed E-state index contributed by atoms with van der Waals surface area (Å²) < 4.78 is 0. The van der Waals surface area contributed by atoms with Gasteiger partial charge in [0.25, 0.3) is 0 Å². The van der Waals surface area contributed by atoms with Crippen LogP contribution >= 0.6 is 0 Å². The van der Waals surface area contributed by atoms with Gasteiger partial charge >= 0.3 is 0 Å². The third-order valence-corrected chi connectivity index (χ3v) is 4.13. The zero-order chi connectivity index (χ0) is 14.0. The highest BCUT2D eigenvalue weighted by atomic mass is 14.4. The predicted octanol–water partition coefficient (Wildman–Crippen LogP) is 7.44. The third-order valence-electron chi connectivity index (χ3n) is 4.13. The Hall–Kier alpha value is -1.56. The van der Waals surface area contributed by atoms with Crippen LogP contribution in [0.1, 0.15) is 56.9 Å². The van der Waals surface area contributed by atoms with Gasteiger partial charge in [-0.05, 0) is 37.5 Å². The monoisotopic (exact) mass is 300 g/mol. The molecule has 3 rings (SSSR count). The van der Waals surface area contributed by atoms with Gasteiger partial charge in [-0.15, -0.1) is 0 Å². The van der Waals surface area contributed by atoms with E-state index >= 15 is 0 Å². The Balaban J connectivity index is 0. The summed E-state index contributed by atoms with van der Waals surface area (Å²) in [6.45, 7) is 10.7. The molecule has 0 N–H and O–H groups in total. The molecule has 0 radical (unpaired) electrons. The molecule has 3 aliphatic carbocycles. The first-order valence-electron chi connectivity index (χ1n) is 7.30. The number of rotatable bonds is 0. The lowest BCUT2D eigenvalue weighted by Gasteiger charge is -2.37. The van der Waals surface area contributed by atoms with Crippen molar-refractivity contribution in [3.05, 3.63) is 70.4 Å². The van der Waals surface area contributed by atoms with Crippen molar-refractivity contribution in [1.29, 1.82) is 0 Å². The van der Waals surface area contributed by atoms with Gasteiger partial charge in [0.2, 0.25) is 0 Å². The standard InChI is InChI=1S/C17H18.C2H6.3CH4/c1-11-6-4-8-14-10-13(3)15-9-5-7-12(2)17(15)16(11)14;1-2;;;/h4-10,16-17H,1-3H3;1-2H3;3*1H4. The third kappa shape index (κ3) is 3.80. The zero-order valence-corrected chi connectivity index (χ0v) is 12.7. The lowest BCUT2D eigenvalue weighted by atomic mass is 9.66. The van der Waals surface area contributed by atoms with Gasteiger partial charge in [-0.1, -0.05) is 89.8 Å². The molecule has 0 spiro atoms. The van der Waals surface area contributed by atoms with Gasteiger partial charge in [-0.25, -0.2) is 0 Å². The summed E-state index contributed by atoms with van der Waals surface area (Å²) in [6, 6.07) is 0. The van der Waals surface area contributed by atoms with Crippen LogP contribution in [-0.2, 0) is 0 Å². The predicted molar refractivity (Wildman–Crippen MR) is 105 cm³/mol. The first-order valence-corrected chi connectivity index (χ1v) is 7.30. The Bertz CT molecular complexity index is 545. The molecule has 0 heteroatoms. The zero-order valence-electron chi connectivity index (χ0n) is 12.7. The maximum Gasteiger partial charge on any atom is 0.0157 e. The van der Waals surface area contributed by atoms with E-state index in [1.54, 1.807) is 0 Å². The second-order valence-corrected chi connectivity index (χ2v) is 5.28. The van der Waals surface area contributed by atoms with Crippen LogP contribution < -0.4 is 0 Å². The molecule has 0 saturated carbocycles. The molecule has 124 valence electrons. The van der Waals surface area contributed by atoms with Crippen LogP contribution in [0.5, 0.6) is 0 Å². The van der Waals surface area contributed by atoms with E-state index in [2.05, 4.69) is 63.3 Å². The van der Waals surface area contributed by atoms with Crippen LogP contribution in [0.3, 0.4) is 0 Å². The van der Waals surface area contributed by atoms with Crippen molar-refractivity contribution in [2.24, 2.45) is 11.8 Å². The quantitative estimate of drug-likeness (QED) is 0.436. The summed E-state index contributed by atoms with van der Waals surface area (Å²) in [4.78, 5) is 0. The SMILES string of the molecule is C.C.C.CC.CC1=CC=CC2=CC(C)=C3C=CC=C(C)C3C12. The van der Waals surface area contributed by atoms with Crippen molar-refractivity contribution in [1.82, 2.24) is 0 Å². The molecular formula is C22H36. The van der Waals surface area contributed by atoms with Gasteiger partial charge in [0.05, 0.1) is 0 Å². The Morgan fingerprint density at radius 1 is 0.727 bits per heavy atom. The maximum atomic E-state index is 2.35. The van der Waals surface area contributed by atoms with Crippen molar-refractivity contribution in [3.8, 4) is 0 Å². The summed E-state index contributed by atoms with van der Waals surface area (Å²) in [5.41, 5.74) is 7.36. The second kappa shape index (κ2) is 9.46. The van der Waals surface area contributed by atoms with E-state index in [4.69, 9.17) is 0 Å². The summed E-state index contributed by atoms with van der Waals surface area (Å²) >= 11 is 0. The van der Waals surface area contributed by atoms with Gasteiger partial charge in [0, 0.05) is 11.8 Å². The minimum atomic E-state index is 0. The van der Waals surface area contributed by atoms with Crippen LogP contribution in [0.15, 0.2) is 70.4 Å². The highest BCUT2D eigenvalue weighted by molar-refractivity contribution is 5.55. The average molecular weight is 301 g/mol. The highest BCUT2D eigenvalue weighted by Crippen LogP contribution is 2.46. The fourth-order valence-corrected chi connectivity index (χ4v) is 3.28. The summed E-state index contributed by atoms with van der Waals surface area (Å²) in [7, 11) is 0. The molecule has 0 aromatic rings. The summed E-state index contributed by atoms with van der Waals surface area (Å²) in [5.74, 6) is 1.11. The molecule has 2 unspecified atom stereocenters. The van der Waals surface area contributed by atoms with Crippen molar-refractivity contribution >= 4 is 0 Å². The molecule has 0 aliphatic heterocycles. The molecule has 22 heavy (non-hydrogen) atoms. The van der Waals surface area contributed by atoms with E-state index in [9.17, 15) is 0 Å². The Morgan fingerprint density at radius 3 is 1.82 bits per heavy atom. The van der Waals surface area contributed by atoms with E-state index < -0.39 is 0 Å². The van der Waals surface area contributed by atoms with Crippen LogP contribution in [0, 0.1) is 11.8 Å². The van der Waals surface area contributed by atoms with E-state index in [0.717, 1.165) is 0 Å². The number of hydrogen-bond donors (Lipinski definition) is 0. The normalized spacial score (nSPS) is 23.8. The van der Waals surface area contributed by atoms with E-state index in [0.29, 0.717) is 11.8 Å². The molecule has 0 aromatic heterocycles. The van der Waals surface area contributed by atoms with Crippen molar-refractivity contribution < 1.29 is 0 Å². The molecule has 0 saturated heterocycles. The fraction of sp³-hybridized carbons (Fsp3) is 0.455. The highest BCUT2D eigenvalue weighted by Gasteiger charge is 2.34. The average Bonchev–Trinajstić information content (AvgIpc) is 2.42. The van der Waals surface area contributed by atoms with Gasteiger partial charge in [0.1, 0.15) is 0 Å². The van der Waals surface area contributed by atoms with Gasteiger partial charge < -0.3 is 0 Å². The number of hydrogen-bond acceptors (Lipinski definition) is 0. The summed E-state index contributed by atoms with van der Waals surface area (Å²) in [6.07, 6.45) is 15.8. The number of allylic oxidation sites excluding steroid dienone is 12. The molecule has 0 amide bonds. The molecule has 0 heterocycles. The van der Waals surface area contributed by atoms with E-state index in [1.807, 2.05) is 13.8 Å². The van der Waals surface area contributed by atoms with E-state index in [-0.39, 0.29) is 22.3 Å². The second-order valence-electron chi connectivity index (χ2n) is 5.28. The molecule has 0 fully saturated rings. The molecule has 0 bridgehead atoms. The topological polar surface area (TPSA) is 0 Å². The van der Waals surface area contributed by atoms with Gasteiger partial charge in [-0.2, -0.15) is 0 Å². The fourth-order valence-electron chi connectivity index (χ4n) is 3.28. The Kier molecular flexibility index (Phi) is 9.76. The van der Waals surface area contributed by atoms with Crippen LogP contribution in [0.2, 0.25) is 0 Å². The van der Waals surface area contributed by atoms with Crippen molar-refractivity contribution in [2.45, 2.75) is 56.9 Å². The van der Waals surface area contributed by atoms with Crippen molar-refractivity contribution in [2.75, 3.05) is 0 Å².